The Bertz CT molecular complexity index is 1240. The fourth-order valence-electron chi connectivity index (χ4n) is 5.03. The van der Waals surface area contributed by atoms with Gasteiger partial charge in [-0.2, -0.15) is 18.3 Å². The highest BCUT2D eigenvalue weighted by atomic mass is 19.4. The number of nitrogens with zero attached hydrogens (tertiary/aromatic N) is 4. The molecule has 0 spiro atoms. The molecule has 2 aromatic rings. The first-order valence-corrected chi connectivity index (χ1v) is 12.1. The fourth-order valence-corrected chi connectivity index (χ4v) is 5.03. The maximum Gasteiger partial charge on any atom is 0.416 e. The second kappa shape index (κ2) is 9.68. The molecule has 0 fully saturated rings. The molecule has 3 amide bonds. The number of carbonyl (C=O) groups is 2. The number of hydrogen-bond donors (Lipinski definition) is 2. The van der Waals surface area contributed by atoms with Crippen LogP contribution < -0.4 is 11.1 Å². The van der Waals surface area contributed by atoms with Crippen molar-refractivity contribution in [3.8, 4) is 0 Å². The van der Waals surface area contributed by atoms with E-state index in [2.05, 4.69) is 15.4 Å². The van der Waals surface area contributed by atoms with Crippen LogP contribution in [0.4, 0.5) is 18.0 Å². The van der Waals surface area contributed by atoms with E-state index in [1.165, 1.54) is 12.4 Å². The average molecular weight is 517 g/mol. The highest BCUT2D eigenvalue weighted by Gasteiger charge is 2.46. The smallest absolute Gasteiger partial charge is 0.369 e. The van der Waals surface area contributed by atoms with E-state index < -0.39 is 28.6 Å². The molecule has 2 aliphatic rings. The molecule has 198 valence electrons. The first kappa shape index (κ1) is 26.4. The van der Waals surface area contributed by atoms with Gasteiger partial charge in [0.05, 0.1) is 11.0 Å². The molecule has 37 heavy (non-hydrogen) atoms. The largest absolute Gasteiger partial charge is 0.416 e. The monoisotopic (exact) mass is 516 g/mol. The molecule has 2 heterocycles. The molecule has 0 saturated heterocycles. The minimum Gasteiger partial charge on any atom is -0.369 e. The van der Waals surface area contributed by atoms with Crippen LogP contribution in [-0.4, -0.2) is 50.2 Å². The third kappa shape index (κ3) is 5.55. The van der Waals surface area contributed by atoms with Crippen LogP contribution >= 0.6 is 0 Å². The predicted octanol–water partition coefficient (Wildman–Crippen LogP) is 4.16. The lowest BCUT2D eigenvalue weighted by atomic mass is 9.65. The van der Waals surface area contributed by atoms with Gasteiger partial charge in [-0.3, -0.25) is 9.48 Å². The van der Waals surface area contributed by atoms with Gasteiger partial charge in [0, 0.05) is 25.2 Å². The van der Waals surface area contributed by atoms with Crippen LogP contribution in [0.3, 0.4) is 0 Å². The molecule has 0 radical (unpaired) electrons. The average Bonchev–Trinajstić information content (AvgIpc) is 3.34. The Hall–Kier alpha value is -3.63. The van der Waals surface area contributed by atoms with Crippen molar-refractivity contribution in [2.24, 2.45) is 11.1 Å². The summed E-state index contributed by atoms with van der Waals surface area (Å²) >= 11 is 0. The number of aryl methyl sites for hydroxylation is 1. The Morgan fingerprint density at radius 3 is 2.59 bits per heavy atom. The second-order valence-electron chi connectivity index (χ2n) is 10.6. The van der Waals surface area contributed by atoms with Crippen LogP contribution in [0.1, 0.15) is 51.2 Å². The highest BCUT2D eigenvalue weighted by Crippen LogP contribution is 2.49. The molecule has 1 aromatic carbocycles. The first-order valence-electron chi connectivity index (χ1n) is 12.1. The molecule has 11 heteroatoms. The van der Waals surface area contributed by atoms with Gasteiger partial charge in [0.2, 0.25) is 5.91 Å². The number of nitrogens with one attached hydrogen (secondary N) is 1. The predicted molar refractivity (Wildman–Crippen MR) is 132 cm³/mol. The Labute approximate surface area is 213 Å². The molecule has 4 rings (SSSR count). The summed E-state index contributed by atoms with van der Waals surface area (Å²) in [4.78, 5) is 31.7. The lowest BCUT2D eigenvalue weighted by molar-refractivity contribution is -0.137. The maximum absolute atomic E-state index is 13.5. The van der Waals surface area contributed by atoms with Gasteiger partial charge in [-0.25, -0.2) is 9.78 Å². The van der Waals surface area contributed by atoms with Gasteiger partial charge in [-0.15, -0.1) is 0 Å². The SMILES string of the molecule is CC(C)(C)NC(=O)N1CCC2=C(C1)C(CCn1cncn1)(C(N)=O)CC=C2c1cccc(C(F)(F)F)c1. The Morgan fingerprint density at radius 1 is 1.22 bits per heavy atom. The van der Waals surface area contributed by atoms with Crippen LogP contribution in [0.2, 0.25) is 0 Å². The van der Waals surface area contributed by atoms with E-state index in [1.807, 2.05) is 26.8 Å². The number of halogens is 3. The van der Waals surface area contributed by atoms with Gasteiger partial charge in [0.25, 0.3) is 0 Å². The molecule has 1 aliphatic heterocycles. The number of rotatable bonds is 5. The number of aromatic nitrogens is 3. The lowest BCUT2D eigenvalue weighted by Crippen LogP contribution is -2.53. The number of urea groups is 1. The van der Waals surface area contributed by atoms with Crippen LogP contribution in [0.5, 0.6) is 0 Å². The summed E-state index contributed by atoms with van der Waals surface area (Å²) in [6, 6.07) is 4.90. The van der Waals surface area contributed by atoms with E-state index in [0.29, 0.717) is 42.6 Å². The van der Waals surface area contributed by atoms with Crippen molar-refractivity contribution in [3.63, 3.8) is 0 Å². The summed E-state index contributed by atoms with van der Waals surface area (Å²) in [7, 11) is 0. The zero-order valence-corrected chi connectivity index (χ0v) is 21.1. The molecule has 1 unspecified atom stereocenters. The Kier molecular flexibility index (Phi) is 6.91. The van der Waals surface area contributed by atoms with Crippen molar-refractivity contribution in [2.45, 2.75) is 58.3 Å². The van der Waals surface area contributed by atoms with Crippen molar-refractivity contribution < 1.29 is 22.8 Å². The molecule has 1 aromatic heterocycles. The van der Waals surface area contributed by atoms with Crippen LogP contribution in [0.15, 0.2) is 54.1 Å². The van der Waals surface area contributed by atoms with Crippen LogP contribution in [0.25, 0.3) is 5.57 Å². The van der Waals surface area contributed by atoms with E-state index >= 15 is 0 Å². The van der Waals surface area contributed by atoms with Gasteiger partial charge in [-0.1, -0.05) is 18.2 Å². The van der Waals surface area contributed by atoms with Crippen molar-refractivity contribution in [2.75, 3.05) is 13.1 Å². The normalized spacial score (nSPS) is 20.4. The number of amides is 3. The molecule has 0 bridgehead atoms. The molecule has 3 N–H and O–H groups in total. The lowest BCUT2D eigenvalue weighted by Gasteiger charge is -2.44. The molecule has 1 atom stereocenters. The second-order valence-corrected chi connectivity index (χ2v) is 10.6. The van der Waals surface area contributed by atoms with E-state index in [9.17, 15) is 22.8 Å². The molecular weight excluding hydrogens is 485 g/mol. The van der Waals surface area contributed by atoms with Crippen molar-refractivity contribution in [1.29, 1.82) is 0 Å². The molecule has 0 saturated carbocycles. The van der Waals surface area contributed by atoms with Crippen LogP contribution in [0, 0.1) is 5.41 Å². The molecule has 8 nitrogen and oxygen atoms in total. The number of nitrogens with two attached hydrogens (primary N) is 1. The van der Waals surface area contributed by atoms with Gasteiger partial charge >= 0.3 is 12.2 Å². The summed E-state index contributed by atoms with van der Waals surface area (Å²) in [6.45, 7) is 6.49. The summed E-state index contributed by atoms with van der Waals surface area (Å²) < 4.78 is 42.0. The molecule has 1 aliphatic carbocycles. The van der Waals surface area contributed by atoms with E-state index in [1.54, 1.807) is 22.0 Å². The van der Waals surface area contributed by atoms with Crippen molar-refractivity contribution in [3.05, 3.63) is 65.3 Å². The summed E-state index contributed by atoms with van der Waals surface area (Å²) in [5.41, 5.74) is 6.20. The molecular formula is C26H31F3N6O2. The summed E-state index contributed by atoms with van der Waals surface area (Å²) in [6.07, 6.45) is 1.17. The number of hydrogen-bond acceptors (Lipinski definition) is 4. The summed E-state index contributed by atoms with van der Waals surface area (Å²) in [5, 5.41) is 7.06. The summed E-state index contributed by atoms with van der Waals surface area (Å²) in [5.74, 6) is -0.544. The van der Waals surface area contributed by atoms with Crippen LogP contribution in [-0.2, 0) is 17.5 Å². The van der Waals surface area contributed by atoms with Gasteiger partial charge in [0.15, 0.2) is 0 Å². The fraction of sp³-hybridized carbons (Fsp3) is 0.462. The number of allylic oxidation sites excluding steroid dienone is 2. The minimum absolute atomic E-state index is 0.147. The quantitative estimate of drug-likeness (QED) is 0.623. The van der Waals surface area contributed by atoms with E-state index in [0.717, 1.165) is 17.7 Å². The van der Waals surface area contributed by atoms with E-state index in [4.69, 9.17) is 5.73 Å². The zero-order chi connectivity index (χ0) is 27.0. The number of primary amides is 1. The number of benzene rings is 1. The van der Waals surface area contributed by atoms with Crippen molar-refractivity contribution in [1.82, 2.24) is 25.0 Å². The number of alkyl halides is 3. The van der Waals surface area contributed by atoms with Gasteiger partial charge in [0.1, 0.15) is 12.7 Å². The Morgan fingerprint density at radius 2 is 1.97 bits per heavy atom. The van der Waals surface area contributed by atoms with Gasteiger partial charge < -0.3 is 16.0 Å². The standard InChI is InChI=1S/C26H31F3N6O2/c1-24(2,3)33-23(37)34-11-8-20-19(17-5-4-6-18(13-17)26(27,28)29)7-9-25(22(30)36,21(20)14-34)10-12-35-16-31-15-32-35/h4-7,13,15-16H,8-12,14H2,1-3H3,(H2,30,36)(H,33,37). The third-order valence-corrected chi connectivity index (χ3v) is 6.88. The third-order valence-electron chi connectivity index (χ3n) is 6.88. The highest BCUT2D eigenvalue weighted by molar-refractivity contribution is 5.92. The Balaban J connectivity index is 1.77. The maximum atomic E-state index is 13.5. The zero-order valence-electron chi connectivity index (χ0n) is 21.1. The number of carbonyl (C=O) groups excluding carboxylic acids is 2. The van der Waals surface area contributed by atoms with Gasteiger partial charge in [-0.05, 0) is 74.4 Å². The van der Waals surface area contributed by atoms with E-state index in [-0.39, 0.29) is 19.0 Å². The minimum atomic E-state index is -4.48. The van der Waals surface area contributed by atoms with Crippen molar-refractivity contribution >= 4 is 17.5 Å². The first-order chi connectivity index (χ1) is 17.3. The topological polar surface area (TPSA) is 106 Å².